The SMILES string of the molecule is CCC(NC)c1ccccc1Oc1ccc(F)c(F)c1. The molecule has 0 saturated carbocycles. The van der Waals surface area contributed by atoms with E-state index in [1.807, 2.05) is 31.3 Å². The molecule has 0 radical (unpaired) electrons. The number of ether oxygens (including phenoxy) is 1. The van der Waals surface area contributed by atoms with E-state index in [4.69, 9.17) is 4.74 Å². The molecule has 106 valence electrons. The van der Waals surface area contributed by atoms with Crippen LogP contribution in [0.3, 0.4) is 0 Å². The second-order valence-electron chi connectivity index (χ2n) is 4.47. The maximum Gasteiger partial charge on any atom is 0.162 e. The average molecular weight is 277 g/mol. The monoisotopic (exact) mass is 277 g/mol. The van der Waals surface area contributed by atoms with Crippen LogP contribution in [0.5, 0.6) is 11.5 Å². The van der Waals surface area contributed by atoms with Crippen molar-refractivity contribution in [1.82, 2.24) is 5.32 Å². The molecule has 0 heterocycles. The first-order valence-corrected chi connectivity index (χ1v) is 6.54. The molecule has 0 aliphatic heterocycles. The zero-order valence-electron chi connectivity index (χ0n) is 11.5. The Morgan fingerprint density at radius 2 is 1.85 bits per heavy atom. The lowest BCUT2D eigenvalue weighted by molar-refractivity contribution is 0.446. The van der Waals surface area contributed by atoms with Gasteiger partial charge in [0.1, 0.15) is 11.5 Å². The fraction of sp³-hybridized carbons (Fsp3) is 0.250. The average Bonchev–Trinajstić information content (AvgIpc) is 2.46. The quantitative estimate of drug-likeness (QED) is 0.873. The topological polar surface area (TPSA) is 21.3 Å². The van der Waals surface area contributed by atoms with Gasteiger partial charge in [-0.2, -0.15) is 0 Å². The predicted molar refractivity (Wildman–Crippen MR) is 75.0 cm³/mol. The van der Waals surface area contributed by atoms with Gasteiger partial charge in [-0.1, -0.05) is 25.1 Å². The minimum Gasteiger partial charge on any atom is -0.457 e. The van der Waals surface area contributed by atoms with Crippen LogP contribution in [0.15, 0.2) is 42.5 Å². The van der Waals surface area contributed by atoms with Gasteiger partial charge in [0.25, 0.3) is 0 Å². The molecular weight excluding hydrogens is 260 g/mol. The van der Waals surface area contributed by atoms with E-state index < -0.39 is 11.6 Å². The highest BCUT2D eigenvalue weighted by Gasteiger charge is 2.13. The Kier molecular flexibility index (Phi) is 4.69. The van der Waals surface area contributed by atoms with E-state index in [1.165, 1.54) is 6.07 Å². The van der Waals surface area contributed by atoms with Gasteiger partial charge in [0, 0.05) is 17.7 Å². The van der Waals surface area contributed by atoms with Gasteiger partial charge in [0.2, 0.25) is 0 Å². The molecule has 1 unspecified atom stereocenters. The minimum atomic E-state index is -0.916. The zero-order valence-corrected chi connectivity index (χ0v) is 11.5. The summed E-state index contributed by atoms with van der Waals surface area (Å²) < 4.78 is 31.8. The number of hydrogen-bond acceptors (Lipinski definition) is 2. The van der Waals surface area contributed by atoms with Crippen LogP contribution < -0.4 is 10.1 Å². The molecule has 0 spiro atoms. The van der Waals surface area contributed by atoms with Crippen LogP contribution in [0.1, 0.15) is 24.9 Å². The molecule has 2 nitrogen and oxygen atoms in total. The van der Waals surface area contributed by atoms with Gasteiger partial charge in [-0.3, -0.25) is 0 Å². The van der Waals surface area contributed by atoms with Crippen LogP contribution in [-0.2, 0) is 0 Å². The zero-order chi connectivity index (χ0) is 14.5. The van der Waals surface area contributed by atoms with E-state index in [0.717, 1.165) is 24.1 Å². The fourth-order valence-electron chi connectivity index (χ4n) is 2.11. The molecule has 0 aromatic heterocycles. The third kappa shape index (κ3) is 3.14. The summed E-state index contributed by atoms with van der Waals surface area (Å²) in [7, 11) is 1.88. The van der Waals surface area contributed by atoms with E-state index >= 15 is 0 Å². The van der Waals surface area contributed by atoms with Gasteiger partial charge < -0.3 is 10.1 Å². The number of hydrogen-bond donors (Lipinski definition) is 1. The molecule has 20 heavy (non-hydrogen) atoms. The number of nitrogens with one attached hydrogen (secondary N) is 1. The first kappa shape index (κ1) is 14.5. The lowest BCUT2D eigenvalue weighted by Gasteiger charge is -2.18. The smallest absolute Gasteiger partial charge is 0.162 e. The van der Waals surface area contributed by atoms with Crippen molar-refractivity contribution in [2.24, 2.45) is 0 Å². The van der Waals surface area contributed by atoms with Crippen LogP contribution in [0, 0.1) is 11.6 Å². The van der Waals surface area contributed by atoms with Crippen LogP contribution in [0.25, 0.3) is 0 Å². The van der Waals surface area contributed by atoms with E-state index in [2.05, 4.69) is 12.2 Å². The summed E-state index contributed by atoms with van der Waals surface area (Å²) in [6, 6.07) is 11.2. The summed E-state index contributed by atoms with van der Waals surface area (Å²) in [4.78, 5) is 0. The molecule has 0 amide bonds. The molecule has 0 aliphatic rings. The first-order chi connectivity index (χ1) is 9.65. The van der Waals surface area contributed by atoms with Gasteiger partial charge in [-0.15, -0.1) is 0 Å². The molecule has 2 aromatic rings. The molecule has 2 rings (SSSR count). The molecule has 0 bridgehead atoms. The van der Waals surface area contributed by atoms with Crippen molar-refractivity contribution in [3.8, 4) is 11.5 Å². The standard InChI is InChI=1S/C16H17F2NO/c1-3-15(19-2)12-6-4-5-7-16(12)20-11-8-9-13(17)14(18)10-11/h4-10,15,19H,3H2,1-2H3. The molecule has 0 saturated heterocycles. The van der Waals surface area contributed by atoms with Gasteiger partial charge in [0.15, 0.2) is 11.6 Å². The van der Waals surface area contributed by atoms with Gasteiger partial charge in [0.05, 0.1) is 0 Å². The normalized spacial score (nSPS) is 12.2. The van der Waals surface area contributed by atoms with Gasteiger partial charge >= 0.3 is 0 Å². The highest BCUT2D eigenvalue weighted by Crippen LogP contribution is 2.31. The fourth-order valence-corrected chi connectivity index (χ4v) is 2.11. The summed E-state index contributed by atoms with van der Waals surface area (Å²) in [6.45, 7) is 2.06. The summed E-state index contributed by atoms with van der Waals surface area (Å²) in [5, 5.41) is 3.20. The van der Waals surface area contributed by atoms with Crippen LogP contribution in [-0.4, -0.2) is 7.05 Å². The maximum absolute atomic E-state index is 13.2. The van der Waals surface area contributed by atoms with Crippen LogP contribution >= 0.6 is 0 Å². The van der Waals surface area contributed by atoms with Crippen molar-refractivity contribution in [3.63, 3.8) is 0 Å². The van der Waals surface area contributed by atoms with Crippen molar-refractivity contribution < 1.29 is 13.5 Å². The van der Waals surface area contributed by atoms with E-state index in [0.29, 0.717) is 5.75 Å². The largest absolute Gasteiger partial charge is 0.457 e. The predicted octanol–water partition coefficient (Wildman–Crippen LogP) is 4.43. The Balaban J connectivity index is 2.31. The van der Waals surface area contributed by atoms with Crippen molar-refractivity contribution in [3.05, 3.63) is 59.7 Å². The van der Waals surface area contributed by atoms with E-state index in [1.54, 1.807) is 0 Å². The molecule has 1 atom stereocenters. The van der Waals surface area contributed by atoms with Crippen LogP contribution in [0.4, 0.5) is 8.78 Å². The molecule has 0 fully saturated rings. The van der Waals surface area contributed by atoms with Crippen molar-refractivity contribution >= 4 is 0 Å². The van der Waals surface area contributed by atoms with Crippen molar-refractivity contribution in [1.29, 1.82) is 0 Å². The van der Waals surface area contributed by atoms with Crippen LogP contribution in [0.2, 0.25) is 0 Å². The molecule has 4 heteroatoms. The summed E-state index contributed by atoms with van der Waals surface area (Å²) >= 11 is 0. The third-order valence-corrected chi connectivity index (χ3v) is 3.17. The van der Waals surface area contributed by atoms with Gasteiger partial charge in [-0.05, 0) is 31.7 Å². The molecule has 0 aliphatic carbocycles. The lowest BCUT2D eigenvalue weighted by atomic mass is 10.0. The Bertz CT molecular complexity index is 582. The number of halogens is 2. The Hall–Kier alpha value is -1.94. The Morgan fingerprint density at radius 3 is 2.50 bits per heavy atom. The number of benzene rings is 2. The third-order valence-electron chi connectivity index (χ3n) is 3.17. The van der Waals surface area contributed by atoms with Crippen molar-refractivity contribution in [2.45, 2.75) is 19.4 Å². The molecule has 2 aromatic carbocycles. The maximum atomic E-state index is 13.2. The second-order valence-corrected chi connectivity index (χ2v) is 4.47. The van der Waals surface area contributed by atoms with E-state index in [9.17, 15) is 8.78 Å². The van der Waals surface area contributed by atoms with E-state index in [-0.39, 0.29) is 11.8 Å². The Labute approximate surface area is 117 Å². The van der Waals surface area contributed by atoms with Crippen molar-refractivity contribution in [2.75, 3.05) is 7.05 Å². The summed E-state index contributed by atoms with van der Waals surface area (Å²) in [5.74, 6) is -0.880. The van der Waals surface area contributed by atoms with Gasteiger partial charge in [-0.25, -0.2) is 8.78 Å². The number of para-hydroxylation sites is 1. The Morgan fingerprint density at radius 1 is 1.10 bits per heavy atom. The highest BCUT2D eigenvalue weighted by molar-refractivity contribution is 5.39. The second kappa shape index (κ2) is 6.48. The molecule has 1 N–H and O–H groups in total. The lowest BCUT2D eigenvalue weighted by Crippen LogP contribution is -2.15. The minimum absolute atomic E-state index is 0.150. The molecular formula is C16H17F2NO. The summed E-state index contributed by atoms with van der Waals surface area (Å²) in [6.07, 6.45) is 0.897. The highest BCUT2D eigenvalue weighted by atomic mass is 19.2. The summed E-state index contributed by atoms with van der Waals surface area (Å²) in [5.41, 5.74) is 0.988. The first-order valence-electron chi connectivity index (χ1n) is 6.54. The number of rotatable bonds is 5.